The zero-order valence-corrected chi connectivity index (χ0v) is 15.9. The topological polar surface area (TPSA) is 76.4 Å². The van der Waals surface area contributed by atoms with Crippen LogP contribution in [0, 0.1) is 11.3 Å². The SMILES string of the molecule is N#Cc1nccnc1N1CCN([C@H]2CCCN(Cc3ccccc3)C2=O)CC1. The first-order valence-corrected chi connectivity index (χ1v) is 9.79. The summed E-state index contributed by atoms with van der Waals surface area (Å²) in [6.07, 6.45) is 5.11. The van der Waals surface area contributed by atoms with Crippen LogP contribution in [0.2, 0.25) is 0 Å². The van der Waals surface area contributed by atoms with Crippen molar-refractivity contribution >= 4 is 11.7 Å². The van der Waals surface area contributed by atoms with Crippen LogP contribution in [0.25, 0.3) is 0 Å². The maximum atomic E-state index is 13.1. The molecular weight excluding hydrogens is 352 g/mol. The molecule has 2 fully saturated rings. The van der Waals surface area contributed by atoms with E-state index in [4.69, 9.17) is 0 Å². The van der Waals surface area contributed by atoms with Gasteiger partial charge >= 0.3 is 0 Å². The monoisotopic (exact) mass is 376 g/mol. The highest BCUT2D eigenvalue weighted by atomic mass is 16.2. The molecule has 1 aromatic heterocycles. The minimum Gasteiger partial charge on any atom is -0.352 e. The maximum absolute atomic E-state index is 13.1. The number of anilines is 1. The molecule has 2 saturated heterocycles. The Labute approximate surface area is 165 Å². The van der Waals surface area contributed by atoms with Gasteiger partial charge in [0.1, 0.15) is 6.07 Å². The molecule has 0 spiro atoms. The van der Waals surface area contributed by atoms with Gasteiger partial charge in [0.05, 0.1) is 6.04 Å². The van der Waals surface area contributed by atoms with Crippen molar-refractivity contribution in [2.24, 2.45) is 0 Å². The second-order valence-corrected chi connectivity index (χ2v) is 7.27. The standard InChI is InChI=1S/C21H24N6O/c22-15-18-20(24-9-8-23-18)26-13-11-25(12-14-26)19-7-4-10-27(21(19)28)16-17-5-2-1-3-6-17/h1-3,5-6,8-9,19H,4,7,10-14,16H2/t19-/m0/s1. The summed E-state index contributed by atoms with van der Waals surface area (Å²) in [7, 11) is 0. The fourth-order valence-corrected chi connectivity index (χ4v) is 4.11. The number of amides is 1. The Morgan fingerprint density at radius 2 is 1.79 bits per heavy atom. The second-order valence-electron chi connectivity index (χ2n) is 7.27. The summed E-state index contributed by atoms with van der Waals surface area (Å²) in [4.78, 5) is 27.9. The van der Waals surface area contributed by atoms with E-state index < -0.39 is 0 Å². The fourth-order valence-electron chi connectivity index (χ4n) is 4.11. The largest absolute Gasteiger partial charge is 0.352 e. The lowest BCUT2D eigenvalue weighted by molar-refractivity contribution is -0.141. The van der Waals surface area contributed by atoms with Gasteiger partial charge in [0.25, 0.3) is 0 Å². The fraction of sp³-hybridized carbons (Fsp3) is 0.429. The number of nitriles is 1. The third-order valence-corrected chi connectivity index (χ3v) is 5.56. The number of benzene rings is 1. The molecule has 2 aromatic rings. The number of likely N-dealkylation sites (tertiary alicyclic amines) is 1. The zero-order valence-electron chi connectivity index (χ0n) is 15.9. The first-order chi connectivity index (χ1) is 13.8. The Morgan fingerprint density at radius 3 is 2.54 bits per heavy atom. The molecule has 7 heteroatoms. The van der Waals surface area contributed by atoms with Crippen LogP contribution in [0.15, 0.2) is 42.7 Å². The molecule has 2 aliphatic rings. The molecule has 1 amide bonds. The molecule has 0 radical (unpaired) electrons. The third kappa shape index (κ3) is 3.82. The van der Waals surface area contributed by atoms with Crippen LogP contribution < -0.4 is 4.90 Å². The maximum Gasteiger partial charge on any atom is 0.240 e. The van der Waals surface area contributed by atoms with Crippen LogP contribution in [0.3, 0.4) is 0 Å². The smallest absolute Gasteiger partial charge is 0.240 e. The molecule has 0 N–H and O–H groups in total. The summed E-state index contributed by atoms with van der Waals surface area (Å²) in [6, 6.07) is 12.2. The highest BCUT2D eigenvalue weighted by molar-refractivity contribution is 5.82. The molecule has 0 unspecified atom stereocenters. The molecule has 2 aliphatic heterocycles. The normalized spacial score (nSPS) is 20.8. The summed E-state index contributed by atoms with van der Waals surface area (Å²) < 4.78 is 0. The van der Waals surface area contributed by atoms with E-state index in [9.17, 15) is 10.1 Å². The van der Waals surface area contributed by atoms with Gasteiger partial charge in [-0.05, 0) is 18.4 Å². The minimum atomic E-state index is -0.0445. The molecule has 0 saturated carbocycles. The Bertz CT molecular complexity index is 857. The Morgan fingerprint density at radius 1 is 1.04 bits per heavy atom. The summed E-state index contributed by atoms with van der Waals surface area (Å²) in [5.74, 6) is 0.881. The van der Waals surface area contributed by atoms with Crippen molar-refractivity contribution in [1.29, 1.82) is 5.26 Å². The van der Waals surface area contributed by atoms with E-state index >= 15 is 0 Å². The predicted octanol–water partition coefficient (Wildman–Crippen LogP) is 1.66. The van der Waals surface area contributed by atoms with Gasteiger partial charge in [0.15, 0.2) is 11.5 Å². The Kier molecular flexibility index (Phi) is 5.49. The van der Waals surface area contributed by atoms with E-state index in [1.165, 1.54) is 5.56 Å². The number of piperazine rings is 1. The van der Waals surface area contributed by atoms with Crippen molar-refractivity contribution in [3.63, 3.8) is 0 Å². The van der Waals surface area contributed by atoms with E-state index in [-0.39, 0.29) is 11.9 Å². The zero-order chi connectivity index (χ0) is 19.3. The van der Waals surface area contributed by atoms with Crippen molar-refractivity contribution < 1.29 is 4.79 Å². The van der Waals surface area contributed by atoms with Crippen molar-refractivity contribution in [2.45, 2.75) is 25.4 Å². The van der Waals surface area contributed by atoms with Crippen molar-refractivity contribution in [1.82, 2.24) is 19.8 Å². The Hall–Kier alpha value is -2.98. The van der Waals surface area contributed by atoms with Gasteiger partial charge in [0.2, 0.25) is 5.91 Å². The number of piperidine rings is 1. The average Bonchev–Trinajstić information content (AvgIpc) is 2.76. The molecule has 144 valence electrons. The highest BCUT2D eigenvalue weighted by Crippen LogP contribution is 2.23. The van der Waals surface area contributed by atoms with Crippen LogP contribution in [-0.4, -0.2) is 64.4 Å². The summed E-state index contributed by atoms with van der Waals surface area (Å²) >= 11 is 0. The molecule has 1 aromatic carbocycles. The first kappa shape index (κ1) is 18.4. The van der Waals surface area contributed by atoms with Crippen molar-refractivity contribution in [3.05, 3.63) is 54.0 Å². The van der Waals surface area contributed by atoms with E-state index in [2.05, 4.69) is 38.0 Å². The van der Waals surface area contributed by atoms with E-state index in [1.54, 1.807) is 12.4 Å². The third-order valence-electron chi connectivity index (χ3n) is 5.56. The van der Waals surface area contributed by atoms with Crippen LogP contribution >= 0.6 is 0 Å². The molecular formula is C21H24N6O. The summed E-state index contributed by atoms with van der Waals surface area (Å²) in [5, 5.41) is 9.25. The molecule has 4 rings (SSSR count). The molecule has 1 atom stereocenters. The average molecular weight is 376 g/mol. The number of aromatic nitrogens is 2. The van der Waals surface area contributed by atoms with Gasteiger partial charge in [-0.25, -0.2) is 9.97 Å². The van der Waals surface area contributed by atoms with Gasteiger partial charge in [-0.2, -0.15) is 5.26 Å². The van der Waals surface area contributed by atoms with Crippen LogP contribution in [0.5, 0.6) is 0 Å². The lowest BCUT2D eigenvalue weighted by Crippen LogP contribution is -2.57. The van der Waals surface area contributed by atoms with E-state index in [0.29, 0.717) is 18.1 Å². The number of carbonyl (C=O) groups is 1. The van der Waals surface area contributed by atoms with E-state index in [1.807, 2.05) is 23.1 Å². The highest BCUT2D eigenvalue weighted by Gasteiger charge is 2.35. The number of rotatable bonds is 4. The lowest BCUT2D eigenvalue weighted by atomic mass is 10.0. The number of hydrogen-bond acceptors (Lipinski definition) is 6. The first-order valence-electron chi connectivity index (χ1n) is 9.79. The van der Waals surface area contributed by atoms with Gasteiger partial charge in [-0.3, -0.25) is 9.69 Å². The van der Waals surface area contributed by atoms with Gasteiger partial charge in [-0.1, -0.05) is 30.3 Å². The van der Waals surface area contributed by atoms with Crippen LogP contribution in [-0.2, 0) is 11.3 Å². The van der Waals surface area contributed by atoms with Gasteiger partial charge < -0.3 is 9.80 Å². The molecule has 0 aliphatic carbocycles. The number of carbonyl (C=O) groups excluding carboxylic acids is 1. The second kappa shape index (κ2) is 8.36. The van der Waals surface area contributed by atoms with Crippen molar-refractivity contribution in [3.8, 4) is 6.07 Å². The van der Waals surface area contributed by atoms with Gasteiger partial charge in [-0.15, -0.1) is 0 Å². The van der Waals surface area contributed by atoms with Gasteiger partial charge in [0, 0.05) is 51.7 Å². The molecule has 3 heterocycles. The summed E-state index contributed by atoms with van der Waals surface area (Å²) in [6.45, 7) is 4.58. The van der Waals surface area contributed by atoms with Crippen LogP contribution in [0.1, 0.15) is 24.1 Å². The Balaban J connectivity index is 1.39. The van der Waals surface area contributed by atoms with Crippen LogP contribution in [0.4, 0.5) is 5.82 Å². The quantitative estimate of drug-likeness (QED) is 0.808. The lowest BCUT2D eigenvalue weighted by Gasteiger charge is -2.42. The number of hydrogen-bond donors (Lipinski definition) is 0. The molecule has 28 heavy (non-hydrogen) atoms. The summed E-state index contributed by atoms with van der Waals surface area (Å²) in [5.41, 5.74) is 1.53. The molecule has 7 nitrogen and oxygen atoms in total. The predicted molar refractivity (Wildman–Crippen MR) is 105 cm³/mol. The molecule has 0 bridgehead atoms. The van der Waals surface area contributed by atoms with Crippen molar-refractivity contribution in [2.75, 3.05) is 37.6 Å². The van der Waals surface area contributed by atoms with E-state index in [0.717, 1.165) is 45.6 Å². The minimum absolute atomic E-state index is 0.0445. The number of nitrogens with zero attached hydrogens (tertiary/aromatic N) is 6.